The van der Waals surface area contributed by atoms with Crippen LogP contribution in [0.25, 0.3) is 0 Å². The van der Waals surface area contributed by atoms with E-state index in [-0.39, 0.29) is 31.1 Å². The van der Waals surface area contributed by atoms with E-state index < -0.39 is 6.10 Å². The maximum Gasteiger partial charge on any atom is 0.306 e. The summed E-state index contributed by atoms with van der Waals surface area (Å²) in [6.07, 6.45) is 65.3. The molecule has 352 valence electrons. The molecule has 0 N–H and O–H groups in total. The van der Waals surface area contributed by atoms with Crippen LogP contribution in [0, 0.1) is 0 Å². The minimum Gasteiger partial charge on any atom is -0.462 e. The number of hydrogen-bond donors (Lipinski definition) is 0. The zero-order valence-electron chi connectivity index (χ0n) is 40.1. The molecule has 0 heterocycles. The Kier molecular flexibility index (Phi) is 47.0. The molecule has 0 rings (SSSR count). The molecule has 0 saturated carbocycles. The van der Waals surface area contributed by atoms with Gasteiger partial charge in [-0.1, -0.05) is 201 Å². The quantitative estimate of drug-likeness (QED) is 0.0263. The Balaban J connectivity index is 4.46. The summed E-state index contributed by atoms with van der Waals surface area (Å²) in [6, 6.07) is 0. The van der Waals surface area contributed by atoms with Crippen LogP contribution < -0.4 is 0 Å². The highest BCUT2D eigenvalue weighted by atomic mass is 16.6. The van der Waals surface area contributed by atoms with Gasteiger partial charge in [-0.25, -0.2) is 0 Å². The summed E-state index contributed by atoms with van der Waals surface area (Å²) in [4.78, 5) is 37.9. The molecule has 0 spiro atoms. The molecule has 0 fully saturated rings. The molecular formula is C56H92O6. The molecule has 1 atom stereocenters. The minimum atomic E-state index is -0.801. The van der Waals surface area contributed by atoms with E-state index in [1.54, 1.807) is 0 Å². The van der Waals surface area contributed by atoms with Crippen LogP contribution in [-0.4, -0.2) is 37.2 Å². The Morgan fingerprint density at radius 2 is 0.629 bits per heavy atom. The molecule has 0 aromatic heterocycles. The van der Waals surface area contributed by atoms with Gasteiger partial charge in [0.05, 0.1) is 0 Å². The van der Waals surface area contributed by atoms with E-state index >= 15 is 0 Å². The van der Waals surface area contributed by atoms with E-state index in [9.17, 15) is 14.4 Å². The lowest BCUT2D eigenvalue weighted by molar-refractivity contribution is -0.167. The number of unbranched alkanes of at least 4 members (excludes halogenated alkanes) is 17. The van der Waals surface area contributed by atoms with E-state index in [1.807, 2.05) is 0 Å². The lowest BCUT2D eigenvalue weighted by Crippen LogP contribution is -2.30. The van der Waals surface area contributed by atoms with Gasteiger partial charge in [0.1, 0.15) is 13.2 Å². The number of carbonyl (C=O) groups is 3. The first-order valence-electron chi connectivity index (χ1n) is 25.2. The third-order valence-electron chi connectivity index (χ3n) is 10.3. The molecule has 62 heavy (non-hydrogen) atoms. The van der Waals surface area contributed by atoms with E-state index in [1.165, 1.54) is 51.4 Å². The van der Waals surface area contributed by atoms with Crippen molar-refractivity contribution in [2.45, 2.75) is 226 Å². The summed E-state index contributed by atoms with van der Waals surface area (Å²) in [5, 5.41) is 0. The van der Waals surface area contributed by atoms with Gasteiger partial charge in [-0.2, -0.15) is 0 Å². The van der Waals surface area contributed by atoms with Crippen LogP contribution in [0.2, 0.25) is 0 Å². The summed E-state index contributed by atoms with van der Waals surface area (Å²) in [6.45, 7) is 6.34. The number of rotatable bonds is 44. The monoisotopic (exact) mass is 861 g/mol. The van der Waals surface area contributed by atoms with Crippen LogP contribution >= 0.6 is 0 Å². The molecular weight excluding hydrogens is 769 g/mol. The van der Waals surface area contributed by atoms with Crippen molar-refractivity contribution >= 4 is 17.9 Å². The largest absolute Gasteiger partial charge is 0.462 e. The molecule has 0 saturated heterocycles. The predicted octanol–water partition coefficient (Wildman–Crippen LogP) is 16.6. The highest BCUT2D eigenvalue weighted by Crippen LogP contribution is 2.14. The van der Waals surface area contributed by atoms with Crippen LogP contribution in [0.5, 0.6) is 0 Å². The third-order valence-corrected chi connectivity index (χ3v) is 10.3. The Morgan fingerprint density at radius 3 is 1.00 bits per heavy atom. The first kappa shape index (κ1) is 58.3. The van der Waals surface area contributed by atoms with Crippen molar-refractivity contribution in [1.82, 2.24) is 0 Å². The Hall–Kier alpha value is -3.67. The standard InChI is InChI=1S/C56H92O6/c1-4-7-10-13-16-19-22-24-26-27-28-29-30-32-34-37-40-43-46-49-55(58)61-52-53(51-60-54(57)48-45-42-39-36-33-21-18-15-12-9-6-3)62-56(59)50-47-44-41-38-35-31-25-23-20-17-14-11-8-5-2/h7-8,10-11,16-17,19-20,24-26,28-29,31-32,34,53H,4-6,9,12-15,18,21-23,27,30,33,35-52H2,1-3H3/b10-7-,11-8-,19-16-,20-17-,26-24-,29-28-,31-25-,34-32-. The molecule has 6 heteroatoms. The number of carbonyl (C=O) groups excluding carboxylic acids is 3. The summed E-state index contributed by atoms with van der Waals surface area (Å²) in [5.74, 6) is -0.958. The molecule has 0 aromatic carbocycles. The SMILES string of the molecule is CC/C=C\C/C=C\C/C=C\C/C=C\C/C=C\CCCCCC(=O)OCC(COC(=O)CCCCCCCCCCCCC)OC(=O)CCCCCC/C=C\C/C=C\C/C=C\CC. The van der Waals surface area contributed by atoms with Crippen LogP contribution in [0.4, 0.5) is 0 Å². The highest BCUT2D eigenvalue weighted by molar-refractivity contribution is 5.71. The highest BCUT2D eigenvalue weighted by Gasteiger charge is 2.19. The predicted molar refractivity (Wildman–Crippen MR) is 265 cm³/mol. The first-order chi connectivity index (χ1) is 30.5. The molecule has 0 radical (unpaired) electrons. The van der Waals surface area contributed by atoms with Gasteiger partial charge in [0.15, 0.2) is 6.10 Å². The average Bonchev–Trinajstić information content (AvgIpc) is 3.27. The number of ether oxygens (including phenoxy) is 3. The summed E-state index contributed by atoms with van der Waals surface area (Å²) in [7, 11) is 0. The average molecular weight is 861 g/mol. The van der Waals surface area contributed by atoms with Gasteiger partial charge < -0.3 is 14.2 Å². The zero-order chi connectivity index (χ0) is 45.1. The van der Waals surface area contributed by atoms with Crippen molar-refractivity contribution in [3.8, 4) is 0 Å². The van der Waals surface area contributed by atoms with Gasteiger partial charge in [0.25, 0.3) is 0 Å². The Bertz CT molecular complexity index is 1260. The smallest absolute Gasteiger partial charge is 0.306 e. The van der Waals surface area contributed by atoms with E-state index in [4.69, 9.17) is 14.2 Å². The van der Waals surface area contributed by atoms with E-state index in [0.717, 1.165) is 128 Å². The second kappa shape index (κ2) is 50.0. The third kappa shape index (κ3) is 47.4. The van der Waals surface area contributed by atoms with Crippen molar-refractivity contribution < 1.29 is 28.6 Å². The van der Waals surface area contributed by atoms with Crippen molar-refractivity contribution in [3.05, 3.63) is 97.2 Å². The first-order valence-corrected chi connectivity index (χ1v) is 25.2. The number of hydrogen-bond acceptors (Lipinski definition) is 6. The van der Waals surface area contributed by atoms with Gasteiger partial charge in [0, 0.05) is 19.3 Å². The number of allylic oxidation sites excluding steroid dienone is 16. The zero-order valence-corrected chi connectivity index (χ0v) is 40.1. The summed E-state index contributed by atoms with van der Waals surface area (Å²) >= 11 is 0. The summed E-state index contributed by atoms with van der Waals surface area (Å²) in [5.41, 5.74) is 0. The molecule has 6 nitrogen and oxygen atoms in total. The molecule has 1 unspecified atom stereocenters. The van der Waals surface area contributed by atoms with Gasteiger partial charge >= 0.3 is 17.9 Å². The maximum absolute atomic E-state index is 12.8. The Morgan fingerprint density at radius 1 is 0.339 bits per heavy atom. The van der Waals surface area contributed by atoms with Gasteiger partial charge in [-0.3, -0.25) is 14.4 Å². The topological polar surface area (TPSA) is 78.9 Å². The van der Waals surface area contributed by atoms with Crippen molar-refractivity contribution in [2.24, 2.45) is 0 Å². The van der Waals surface area contributed by atoms with Crippen LogP contribution in [0.3, 0.4) is 0 Å². The fraction of sp³-hybridized carbons (Fsp3) is 0.661. The van der Waals surface area contributed by atoms with Crippen LogP contribution in [0.15, 0.2) is 97.2 Å². The van der Waals surface area contributed by atoms with Gasteiger partial charge in [-0.05, 0) is 96.3 Å². The minimum absolute atomic E-state index is 0.0971. The molecule has 0 aliphatic carbocycles. The van der Waals surface area contributed by atoms with Gasteiger partial charge in [0.2, 0.25) is 0 Å². The van der Waals surface area contributed by atoms with Crippen LogP contribution in [-0.2, 0) is 28.6 Å². The van der Waals surface area contributed by atoms with Crippen molar-refractivity contribution in [2.75, 3.05) is 13.2 Å². The second-order valence-electron chi connectivity index (χ2n) is 16.3. The maximum atomic E-state index is 12.8. The Labute approximate surface area is 381 Å². The number of esters is 3. The lowest BCUT2D eigenvalue weighted by Gasteiger charge is -2.18. The van der Waals surface area contributed by atoms with Gasteiger partial charge in [-0.15, -0.1) is 0 Å². The summed E-state index contributed by atoms with van der Waals surface area (Å²) < 4.78 is 16.7. The molecule has 0 amide bonds. The van der Waals surface area contributed by atoms with E-state index in [2.05, 4.69) is 118 Å². The molecule has 0 aliphatic rings. The lowest BCUT2D eigenvalue weighted by atomic mass is 10.1. The van der Waals surface area contributed by atoms with Crippen molar-refractivity contribution in [3.63, 3.8) is 0 Å². The molecule has 0 aliphatic heterocycles. The van der Waals surface area contributed by atoms with Crippen molar-refractivity contribution in [1.29, 1.82) is 0 Å². The van der Waals surface area contributed by atoms with Crippen LogP contribution in [0.1, 0.15) is 220 Å². The second-order valence-corrected chi connectivity index (χ2v) is 16.3. The van der Waals surface area contributed by atoms with E-state index in [0.29, 0.717) is 19.3 Å². The fourth-order valence-electron chi connectivity index (χ4n) is 6.60. The normalized spacial score (nSPS) is 12.9. The fourth-order valence-corrected chi connectivity index (χ4v) is 6.60. The molecule has 0 bridgehead atoms. The molecule has 0 aromatic rings.